The highest BCUT2D eigenvalue weighted by atomic mass is 16.8. The molecule has 1 aliphatic heterocycles. The smallest absolute Gasteiger partial charge is 0.450 e. The highest BCUT2D eigenvalue weighted by Crippen LogP contribution is 2.46. The van der Waals surface area contributed by atoms with Gasteiger partial charge in [-0.25, -0.2) is 9.59 Å². The number of ether oxygens (including phenoxy) is 2. The van der Waals surface area contributed by atoms with Crippen molar-refractivity contribution < 1.29 is 24.2 Å². The first-order valence-electron chi connectivity index (χ1n) is 9.49. The Bertz CT molecular complexity index is 650. The first kappa shape index (κ1) is 21.2. The predicted molar refractivity (Wildman–Crippen MR) is 103 cm³/mol. The van der Waals surface area contributed by atoms with Gasteiger partial charge in [-0.2, -0.15) is 0 Å². The molecule has 1 aliphatic rings. The van der Waals surface area contributed by atoms with Crippen LogP contribution in [0.3, 0.4) is 0 Å². The second-order valence-electron chi connectivity index (χ2n) is 8.52. The molecular formula is C21H31NO5. The monoisotopic (exact) mass is 377 g/mol. The van der Waals surface area contributed by atoms with Crippen LogP contribution in [0.25, 0.3) is 0 Å². The zero-order chi connectivity index (χ0) is 20.3. The topological polar surface area (TPSA) is 76.1 Å². The summed E-state index contributed by atoms with van der Waals surface area (Å²) < 4.78 is 11.0. The summed E-state index contributed by atoms with van der Waals surface area (Å²) in [6.07, 6.45) is 1.23. The van der Waals surface area contributed by atoms with E-state index < -0.39 is 29.0 Å². The first-order valence-corrected chi connectivity index (χ1v) is 9.49. The van der Waals surface area contributed by atoms with E-state index in [1.54, 1.807) is 30.3 Å². The van der Waals surface area contributed by atoms with Crippen LogP contribution in [0.2, 0.25) is 0 Å². The van der Waals surface area contributed by atoms with Crippen molar-refractivity contribution in [2.24, 2.45) is 0 Å². The number of carbonyl (C=O) groups excluding carboxylic acids is 1. The third kappa shape index (κ3) is 5.01. The van der Waals surface area contributed by atoms with Crippen LogP contribution in [0.1, 0.15) is 70.7 Å². The van der Waals surface area contributed by atoms with E-state index in [0.29, 0.717) is 5.56 Å². The predicted octanol–water partition coefficient (Wildman–Crippen LogP) is 4.69. The molecule has 1 saturated heterocycles. The van der Waals surface area contributed by atoms with Gasteiger partial charge in [0, 0.05) is 23.9 Å². The lowest BCUT2D eigenvalue weighted by Gasteiger charge is -2.57. The van der Waals surface area contributed by atoms with Gasteiger partial charge in [0.15, 0.2) is 0 Å². The molecule has 6 nitrogen and oxygen atoms in total. The number of esters is 1. The van der Waals surface area contributed by atoms with Crippen LogP contribution in [0.5, 0.6) is 0 Å². The number of carboxylic acid groups (broad SMARTS) is 1. The SMILES string of the molecule is CCCCN1C(C)(C)CC(OC(=O)O)(OC(=O)c2ccccc2)CC1(C)C. The van der Waals surface area contributed by atoms with Crippen LogP contribution in [0.15, 0.2) is 30.3 Å². The maximum absolute atomic E-state index is 12.7. The molecule has 1 aromatic carbocycles. The first-order chi connectivity index (χ1) is 12.5. The minimum Gasteiger partial charge on any atom is -0.450 e. The van der Waals surface area contributed by atoms with Gasteiger partial charge in [0.05, 0.1) is 5.56 Å². The Kier molecular flexibility index (Phi) is 6.20. The third-order valence-electron chi connectivity index (χ3n) is 5.16. The molecule has 0 radical (unpaired) electrons. The van der Waals surface area contributed by atoms with E-state index in [1.165, 1.54) is 0 Å². The lowest BCUT2D eigenvalue weighted by Crippen LogP contribution is -2.67. The van der Waals surface area contributed by atoms with Crippen molar-refractivity contribution in [1.82, 2.24) is 4.90 Å². The number of unbranched alkanes of at least 4 members (excludes halogenated alkanes) is 1. The summed E-state index contributed by atoms with van der Waals surface area (Å²) in [4.78, 5) is 26.5. The van der Waals surface area contributed by atoms with E-state index in [2.05, 4.69) is 11.8 Å². The lowest BCUT2D eigenvalue weighted by atomic mass is 9.75. The number of benzene rings is 1. The van der Waals surface area contributed by atoms with Crippen LogP contribution in [-0.4, -0.2) is 45.5 Å². The van der Waals surface area contributed by atoms with Crippen molar-refractivity contribution in [2.75, 3.05) is 6.54 Å². The van der Waals surface area contributed by atoms with E-state index in [9.17, 15) is 14.7 Å². The number of carbonyl (C=O) groups is 2. The lowest BCUT2D eigenvalue weighted by molar-refractivity contribution is -0.246. The van der Waals surface area contributed by atoms with Crippen LogP contribution in [-0.2, 0) is 9.47 Å². The van der Waals surface area contributed by atoms with Gasteiger partial charge in [0.1, 0.15) is 0 Å². The maximum atomic E-state index is 12.7. The fourth-order valence-electron chi connectivity index (χ4n) is 4.44. The molecule has 1 aromatic rings. The molecule has 2 rings (SSSR count). The molecule has 0 spiro atoms. The van der Waals surface area contributed by atoms with Gasteiger partial charge in [0.25, 0.3) is 5.79 Å². The number of hydrogen-bond donors (Lipinski definition) is 1. The second kappa shape index (κ2) is 7.89. The van der Waals surface area contributed by atoms with Gasteiger partial charge in [-0.15, -0.1) is 0 Å². The molecule has 150 valence electrons. The van der Waals surface area contributed by atoms with Crippen LogP contribution >= 0.6 is 0 Å². The van der Waals surface area contributed by atoms with Crippen molar-refractivity contribution in [3.05, 3.63) is 35.9 Å². The molecule has 1 fully saturated rings. The Balaban J connectivity index is 2.35. The van der Waals surface area contributed by atoms with Gasteiger partial charge >= 0.3 is 12.1 Å². The summed E-state index contributed by atoms with van der Waals surface area (Å²) in [5.74, 6) is -2.10. The van der Waals surface area contributed by atoms with Gasteiger partial charge < -0.3 is 14.6 Å². The largest absolute Gasteiger partial charge is 0.509 e. The molecule has 0 unspecified atom stereocenters. The summed E-state index contributed by atoms with van der Waals surface area (Å²) in [6, 6.07) is 8.57. The van der Waals surface area contributed by atoms with E-state index in [4.69, 9.17) is 9.47 Å². The number of likely N-dealkylation sites (tertiary alicyclic amines) is 1. The van der Waals surface area contributed by atoms with E-state index in [0.717, 1.165) is 19.4 Å². The number of nitrogens with zero attached hydrogens (tertiary/aromatic N) is 1. The molecular weight excluding hydrogens is 346 g/mol. The average Bonchev–Trinajstić information content (AvgIpc) is 2.52. The fraction of sp³-hybridized carbons (Fsp3) is 0.619. The molecule has 1 N–H and O–H groups in total. The highest BCUT2D eigenvalue weighted by Gasteiger charge is 2.56. The van der Waals surface area contributed by atoms with Gasteiger partial charge in [-0.3, -0.25) is 4.90 Å². The Labute approximate surface area is 161 Å². The van der Waals surface area contributed by atoms with Gasteiger partial charge in [0.2, 0.25) is 0 Å². The van der Waals surface area contributed by atoms with Crippen molar-refractivity contribution in [3.8, 4) is 0 Å². The van der Waals surface area contributed by atoms with Crippen LogP contribution < -0.4 is 0 Å². The molecule has 0 aromatic heterocycles. The Morgan fingerprint density at radius 3 is 2.07 bits per heavy atom. The quantitative estimate of drug-likeness (QED) is 0.573. The van der Waals surface area contributed by atoms with Crippen molar-refractivity contribution in [1.29, 1.82) is 0 Å². The van der Waals surface area contributed by atoms with Gasteiger partial charge in [-0.1, -0.05) is 31.5 Å². The Morgan fingerprint density at radius 2 is 1.59 bits per heavy atom. The molecule has 0 amide bonds. The minimum atomic E-state index is -1.52. The van der Waals surface area contributed by atoms with E-state index >= 15 is 0 Å². The molecule has 1 heterocycles. The van der Waals surface area contributed by atoms with E-state index in [1.807, 2.05) is 27.7 Å². The molecule has 0 saturated carbocycles. The molecule has 27 heavy (non-hydrogen) atoms. The fourth-order valence-corrected chi connectivity index (χ4v) is 4.44. The van der Waals surface area contributed by atoms with Gasteiger partial charge in [-0.05, 0) is 52.8 Å². The standard InChI is InChI=1S/C21H31NO5/c1-6-7-13-22-19(2,3)14-21(27-18(24)25,15-20(22,4)5)26-17(23)16-11-9-8-10-12-16/h8-12H,6-7,13-15H2,1-5H3,(H,24,25). The maximum Gasteiger partial charge on any atom is 0.509 e. The number of piperidine rings is 1. The summed E-state index contributed by atoms with van der Waals surface area (Å²) in [7, 11) is 0. The molecule has 0 bridgehead atoms. The van der Waals surface area contributed by atoms with Crippen molar-refractivity contribution >= 4 is 12.1 Å². The molecule has 0 aliphatic carbocycles. The summed E-state index contributed by atoms with van der Waals surface area (Å²) in [5, 5.41) is 9.34. The second-order valence-corrected chi connectivity index (χ2v) is 8.52. The minimum absolute atomic E-state index is 0.276. The Morgan fingerprint density at radius 1 is 1.04 bits per heavy atom. The number of rotatable bonds is 6. The summed E-state index contributed by atoms with van der Waals surface area (Å²) in [6.45, 7) is 11.2. The van der Waals surface area contributed by atoms with Crippen molar-refractivity contribution in [2.45, 2.75) is 77.2 Å². The average molecular weight is 377 g/mol. The summed E-state index contributed by atoms with van der Waals surface area (Å²) >= 11 is 0. The normalized spacial score (nSPS) is 20.6. The van der Waals surface area contributed by atoms with Crippen LogP contribution in [0.4, 0.5) is 4.79 Å². The Hall–Kier alpha value is -2.08. The van der Waals surface area contributed by atoms with E-state index in [-0.39, 0.29) is 12.8 Å². The zero-order valence-corrected chi connectivity index (χ0v) is 16.9. The number of hydrogen-bond acceptors (Lipinski definition) is 5. The molecule has 0 atom stereocenters. The molecule has 6 heteroatoms. The summed E-state index contributed by atoms with van der Waals surface area (Å²) in [5.41, 5.74) is -0.429. The van der Waals surface area contributed by atoms with Crippen molar-refractivity contribution in [3.63, 3.8) is 0 Å². The highest BCUT2D eigenvalue weighted by molar-refractivity contribution is 5.89. The zero-order valence-electron chi connectivity index (χ0n) is 16.9. The third-order valence-corrected chi connectivity index (χ3v) is 5.16. The van der Waals surface area contributed by atoms with Crippen LogP contribution in [0, 0.1) is 0 Å².